The Morgan fingerprint density at radius 3 is 1.32 bits per heavy atom. The molecule has 0 radical (unpaired) electrons. The molecule has 5 aromatic rings. The van der Waals surface area contributed by atoms with E-state index in [1.54, 1.807) is 90.3 Å². The molecule has 7 rings (SSSR count). The molecule has 123 heavy (non-hydrogen) atoms. The van der Waals surface area contributed by atoms with Crippen LogP contribution in [0.5, 0.6) is 5.75 Å². The first-order valence-corrected chi connectivity index (χ1v) is 41.8. The zero-order valence-electron chi connectivity index (χ0n) is 71.2. The third-order valence-electron chi connectivity index (χ3n) is 21.5. The fourth-order valence-corrected chi connectivity index (χ4v) is 15.1. The smallest absolute Gasteiger partial charge is 0.326 e. The number of phenols is 1. The quantitative estimate of drug-likeness (QED) is 0.0224. The molecule has 23 N–H and O–H groups in total. The summed E-state index contributed by atoms with van der Waals surface area (Å²) in [6, 6.07) is -0.972. The van der Waals surface area contributed by atoms with Gasteiger partial charge in [-0.15, -0.1) is 0 Å². The molecule has 0 unspecified atom stereocenters. The van der Waals surface area contributed by atoms with Gasteiger partial charge in [0.2, 0.25) is 82.7 Å². The van der Waals surface area contributed by atoms with Gasteiger partial charge in [0.25, 0.3) is 0 Å². The number of aromatic hydroxyl groups is 1. The number of aromatic amines is 2. The Morgan fingerprint density at radius 1 is 0.447 bits per heavy atom. The minimum Gasteiger partial charge on any atom is -0.508 e. The SMILES string of the molecule is CC(C)C[C@H](NC(=O)[C@H](CCCCN)NC(=O)[C@@H](NC(=O)[C@H](CC(C)C)NC(=O)[C@@H]1CCCN1C(=O)[C@H](CC(=O)O)NC(=O)[C@H](Cc1ccc(O)cc1)NC(=O)[C@H](Cc1c[nH]c2ccccc12)NC(=O)[C@H](CC(N)=O)NC(=O)[C@H](C)N)[C@@H](C)O)C(=O)N[C@@H](Cc1c[nH]c2ccccc12)C(=O)N[C@@H](CC(C)C)C(=O)N1CCC[C@H]1C(=O)N[C@H](C(=O)O)C(C)C. The van der Waals surface area contributed by atoms with E-state index in [0.717, 1.165) is 4.90 Å². The number of carbonyl (C=O) groups excluding carboxylic acids is 14. The zero-order valence-corrected chi connectivity index (χ0v) is 71.2. The summed E-state index contributed by atoms with van der Waals surface area (Å²) < 4.78 is 0. The molecule has 2 saturated heterocycles. The number of carboxylic acid groups (broad SMARTS) is 2. The second-order valence-electron chi connectivity index (χ2n) is 33.5. The number of aliphatic carboxylic acids is 2. The highest BCUT2D eigenvalue weighted by atomic mass is 16.4. The van der Waals surface area contributed by atoms with Gasteiger partial charge in [0.15, 0.2) is 0 Å². The van der Waals surface area contributed by atoms with Crippen molar-refractivity contribution in [2.45, 2.75) is 256 Å². The van der Waals surface area contributed by atoms with Crippen molar-refractivity contribution in [3.8, 4) is 5.75 Å². The van der Waals surface area contributed by atoms with Crippen LogP contribution in [0, 0.1) is 23.7 Å². The van der Waals surface area contributed by atoms with Gasteiger partial charge in [-0.3, -0.25) is 71.9 Å². The van der Waals surface area contributed by atoms with E-state index in [4.69, 9.17) is 17.2 Å². The van der Waals surface area contributed by atoms with Gasteiger partial charge < -0.3 is 116 Å². The Kier molecular flexibility index (Phi) is 36.9. The largest absolute Gasteiger partial charge is 0.508 e. The maximum Gasteiger partial charge on any atom is 0.326 e. The summed E-state index contributed by atoms with van der Waals surface area (Å²) in [6.07, 6.45) is 0.188. The van der Waals surface area contributed by atoms with E-state index in [-0.39, 0.29) is 114 Å². The molecule has 15 atom stereocenters. The Bertz CT molecular complexity index is 4560. The van der Waals surface area contributed by atoms with Crippen LogP contribution in [-0.4, -0.2) is 245 Å². The lowest BCUT2D eigenvalue weighted by Gasteiger charge is -2.32. The number of amides is 14. The number of H-pyrrole nitrogens is 2. The van der Waals surface area contributed by atoms with Crippen LogP contribution >= 0.6 is 0 Å². The number of hydrogen-bond acceptors (Lipinski definition) is 20. The first-order valence-electron chi connectivity index (χ1n) is 41.8. The summed E-state index contributed by atoms with van der Waals surface area (Å²) in [5, 5.41) is 71.9. The minimum atomic E-state index is -1.94. The molecule has 4 heterocycles. The molecule has 38 heteroatoms. The van der Waals surface area contributed by atoms with E-state index in [1.165, 1.54) is 43.0 Å². The van der Waals surface area contributed by atoms with Crippen molar-refractivity contribution in [2.75, 3.05) is 19.6 Å². The number of phenolic OH excluding ortho intramolecular Hbond substituents is 1. The monoisotopic (exact) mass is 1710 g/mol. The van der Waals surface area contributed by atoms with Gasteiger partial charge in [-0.05, 0) is 149 Å². The first kappa shape index (κ1) is 98.1. The molecular weight excluding hydrogens is 1590 g/mol. The molecule has 0 aliphatic carbocycles. The number of nitrogens with one attached hydrogen (secondary N) is 13. The molecule has 2 aromatic heterocycles. The number of benzene rings is 3. The van der Waals surface area contributed by atoms with Crippen molar-refractivity contribution in [1.82, 2.24) is 78.3 Å². The maximum atomic E-state index is 15.0. The van der Waals surface area contributed by atoms with E-state index in [1.807, 2.05) is 26.0 Å². The highest BCUT2D eigenvalue weighted by Crippen LogP contribution is 2.27. The molecule has 3 aromatic carbocycles. The van der Waals surface area contributed by atoms with Crippen LogP contribution in [0.15, 0.2) is 85.2 Å². The van der Waals surface area contributed by atoms with Crippen molar-refractivity contribution >= 4 is 116 Å². The van der Waals surface area contributed by atoms with Crippen LogP contribution < -0.4 is 75.7 Å². The molecule has 672 valence electrons. The Labute approximate surface area is 713 Å². The Morgan fingerprint density at radius 2 is 0.854 bits per heavy atom. The number of fused-ring (bicyclic) bond motifs is 2. The molecule has 2 fully saturated rings. The van der Waals surface area contributed by atoms with Crippen molar-refractivity contribution in [3.05, 3.63) is 102 Å². The number of para-hydroxylation sites is 2. The fourth-order valence-electron chi connectivity index (χ4n) is 15.1. The van der Waals surface area contributed by atoms with Crippen molar-refractivity contribution in [3.63, 3.8) is 0 Å². The number of carboxylic acids is 2. The van der Waals surface area contributed by atoms with Crippen LogP contribution in [0.2, 0.25) is 0 Å². The number of nitrogens with two attached hydrogens (primary N) is 3. The number of primary amides is 1. The van der Waals surface area contributed by atoms with Crippen LogP contribution in [0.3, 0.4) is 0 Å². The number of hydrogen-bond donors (Lipinski definition) is 20. The predicted octanol–water partition coefficient (Wildman–Crippen LogP) is -0.217. The van der Waals surface area contributed by atoms with Gasteiger partial charge in [0.05, 0.1) is 25.0 Å². The number of aliphatic hydroxyl groups excluding tert-OH is 1. The summed E-state index contributed by atoms with van der Waals surface area (Å²) in [5.74, 6) is -17.2. The summed E-state index contributed by atoms with van der Waals surface area (Å²) in [7, 11) is 0. The first-order chi connectivity index (χ1) is 58.1. The van der Waals surface area contributed by atoms with E-state index in [2.05, 4.69) is 68.5 Å². The highest BCUT2D eigenvalue weighted by Gasteiger charge is 2.45. The Balaban J connectivity index is 1.09. The van der Waals surface area contributed by atoms with Gasteiger partial charge in [0, 0.05) is 66.6 Å². The normalized spacial score (nSPS) is 17.2. The molecule has 0 bridgehead atoms. The third-order valence-corrected chi connectivity index (χ3v) is 21.5. The number of aliphatic hydroxyl groups is 1. The van der Waals surface area contributed by atoms with Crippen molar-refractivity contribution < 1.29 is 97.1 Å². The van der Waals surface area contributed by atoms with Gasteiger partial charge in [0.1, 0.15) is 84.3 Å². The predicted molar refractivity (Wildman–Crippen MR) is 452 cm³/mol. The van der Waals surface area contributed by atoms with Crippen LogP contribution in [0.4, 0.5) is 0 Å². The molecule has 38 nitrogen and oxygen atoms in total. The number of rotatable bonds is 47. The average Bonchev–Trinajstić information content (AvgIpc) is 1.71. The Hall–Kier alpha value is -12.1. The lowest BCUT2D eigenvalue weighted by molar-refractivity contribution is -0.146. The molecular formula is C85H122N18O20. The van der Waals surface area contributed by atoms with Gasteiger partial charge in [-0.2, -0.15) is 0 Å². The number of likely N-dealkylation sites (tertiary alicyclic amines) is 2. The molecule has 2 aliphatic rings. The lowest BCUT2D eigenvalue weighted by atomic mass is 9.98. The van der Waals surface area contributed by atoms with Crippen LogP contribution in [0.1, 0.15) is 163 Å². The molecule has 2 aliphatic heterocycles. The summed E-state index contributed by atoms with van der Waals surface area (Å²) in [6.45, 7) is 16.6. The number of nitrogens with zero attached hydrogens (tertiary/aromatic N) is 2. The summed E-state index contributed by atoms with van der Waals surface area (Å²) >= 11 is 0. The molecule has 0 spiro atoms. The van der Waals surface area contributed by atoms with E-state index in [9.17, 15) is 92.3 Å². The van der Waals surface area contributed by atoms with E-state index < -0.39 is 204 Å². The topological polar surface area (TPSA) is 602 Å². The maximum absolute atomic E-state index is 15.0. The number of carbonyl (C=O) groups is 16. The van der Waals surface area contributed by atoms with Crippen molar-refractivity contribution in [1.29, 1.82) is 0 Å². The molecule has 14 amide bonds. The summed E-state index contributed by atoms with van der Waals surface area (Å²) in [4.78, 5) is 234. The standard InChI is InChI=1S/C85H122N18O20/c1-43(2)33-58(74(111)95-62(38-51-42-90-56-22-14-12-20-54(51)56)77(114)98-64(35-45(5)6)83(120)103-32-18-25-67(103)81(118)100-70(46(7)8)85(122)123)93-73(110)57(23-15-16-30-86)91-82(119)71(48(10)104)101-79(116)59(34-44(3)4)97-80(117)66-24-17-31-102(66)84(121)65(40-69(107)108)99-75(112)60(36-49-26-28-52(105)29-27-49)94-76(113)61(37-50-41-89-55-21-13-11-19-53(50)55)96-78(115)63(39-68(88)106)92-72(109)47(9)87/h11-14,19-22,26-29,41-48,57-67,70-71,89-90,104-105H,15-18,23-25,30-40,86-87H2,1-10H3,(H2,88,106)(H,91,119)(H,92,109)(H,93,110)(H,94,113)(H,95,111)(H,96,115)(H,97,117)(H,98,114)(H,99,112)(H,100,118)(H,101,116)(H,107,108)(H,122,123)/t47-,48+,57-,58-,59-,60-,61-,62-,63-,64-,65-,66-,67-,70-,71-/m0/s1. The lowest BCUT2D eigenvalue weighted by Crippen LogP contribution is -2.62. The minimum absolute atomic E-state index is 0.0213. The number of aromatic nitrogens is 2. The second kappa shape index (κ2) is 46.3. The summed E-state index contributed by atoms with van der Waals surface area (Å²) in [5.41, 5.74) is 19.9. The van der Waals surface area contributed by atoms with Crippen molar-refractivity contribution in [2.24, 2.45) is 40.9 Å². The van der Waals surface area contributed by atoms with Crippen LogP contribution in [0.25, 0.3) is 21.8 Å². The van der Waals surface area contributed by atoms with Gasteiger partial charge in [-0.25, -0.2) is 4.79 Å². The third kappa shape index (κ3) is 28.8. The molecule has 0 saturated carbocycles. The van der Waals surface area contributed by atoms with Gasteiger partial charge in [-0.1, -0.05) is 104 Å². The fraction of sp³-hybridized carbons (Fsp3) is 0.553. The zero-order chi connectivity index (χ0) is 90.8. The van der Waals surface area contributed by atoms with Crippen LogP contribution in [-0.2, 0) is 96.0 Å². The van der Waals surface area contributed by atoms with E-state index in [0.29, 0.717) is 51.3 Å². The highest BCUT2D eigenvalue weighted by molar-refractivity contribution is 6.02. The average molecular weight is 1720 g/mol. The number of unbranched alkanes of at least 4 members (excludes halogenated alkanes) is 1. The van der Waals surface area contributed by atoms with E-state index >= 15 is 4.79 Å². The second-order valence-corrected chi connectivity index (χ2v) is 33.5. The van der Waals surface area contributed by atoms with Gasteiger partial charge >= 0.3 is 11.9 Å².